The lowest BCUT2D eigenvalue weighted by Gasteiger charge is -1.96. The summed E-state index contributed by atoms with van der Waals surface area (Å²) in [6, 6.07) is 2.05. The first-order chi connectivity index (χ1) is 7.27. The minimum Gasteiger partial charge on any atom is -0.328 e. The Bertz CT molecular complexity index is 479. The summed E-state index contributed by atoms with van der Waals surface area (Å²) in [5.41, 5.74) is 7.55. The molecule has 0 radical (unpaired) electrons. The number of halogens is 2. The van der Waals surface area contributed by atoms with Crippen molar-refractivity contribution in [2.75, 3.05) is 0 Å². The van der Waals surface area contributed by atoms with Crippen LogP contribution < -0.4 is 5.73 Å². The summed E-state index contributed by atoms with van der Waals surface area (Å²) in [4.78, 5) is 4.26. The molecule has 6 heteroatoms. The molecular weight excluding hydrogens is 259 g/mol. The SMILES string of the molecule is C[C@H](N)C/C=C/c1cnn2cccnc12.Cl.Cl. The molecule has 0 amide bonds. The van der Waals surface area contributed by atoms with Crippen LogP contribution in [0.1, 0.15) is 18.9 Å². The fourth-order valence-electron chi connectivity index (χ4n) is 1.37. The first-order valence-electron chi connectivity index (χ1n) is 4.98. The van der Waals surface area contributed by atoms with Crippen molar-refractivity contribution >= 4 is 36.5 Å². The molecule has 0 fully saturated rings. The Morgan fingerprint density at radius 3 is 2.94 bits per heavy atom. The van der Waals surface area contributed by atoms with Gasteiger partial charge in [0.25, 0.3) is 0 Å². The lowest BCUT2D eigenvalue weighted by atomic mass is 10.2. The molecule has 2 heterocycles. The molecule has 2 aromatic heterocycles. The molecule has 0 saturated heterocycles. The highest BCUT2D eigenvalue weighted by atomic mass is 35.5. The van der Waals surface area contributed by atoms with Crippen molar-refractivity contribution in [3.05, 3.63) is 36.3 Å². The first kappa shape index (κ1) is 15.9. The summed E-state index contributed by atoms with van der Waals surface area (Å²) in [7, 11) is 0. The summed E-state index contributed by atoms with van der Waals surface area (Å²) < 4.78 is 1.76. The molecule has 0 saturated carbocycles. The zero-order chi connectivity index (χ0) is 10.7. The number of fused-ring (bicyclic) bond motifs is 1. The van der Waals surface area contributed by atoms with E-state index in [0.717, 1.165) is 17.6 Å². The molecule has 0 aliphatic carbocycles. The van der Waals surface area contributed by atoms with Crippen molar-refractivity contribution in [1.29, 1.82) is 0 Å². The highest BCUT2D eigenvalue weighted by molar-refractivity contribution is 5.85. The van der Waals surface area contributed by atoms with Gasteiger partial charge in [0.2, 0.25) is 0 Å². The monoisotopic (exact) mass is 274 g/mol. The summed E-state index contributed by atoms with van der Waals surface area (Å²) in [6.07, 6.45) is 10.4. The molecular formula is C11H16Cl2N4. The lowest BCUT2D eigenvalue weighted by molar-refractivity contribution is 0.759. The van der Waals surface area contributed by atoms with Gasteiger partial charge in [-0.15, -0.1) is 24.8 Å². The summed E-state index contributed by atoms with van der Waals surface area (Å²) in [6.45, 7) is 1.98. The van der Waals surface area contributed by atoms with Crippen LogP contribution >= 0.6 is 24.8 Å². The third-order valence-electron chi connectivity index (χ3n) is 2.11. The van der Waals surface area contributed by atoms with Crippen LogP contribution in [-0.2, 0) is 0 Å². The zero-order valence-electron chi connectivity index (χ0n) is 9.48. The van der Waals surface area contributed by atoms with Crippen LogP contribution in [0.4, 0.5) is 0 Å². The van der Waals surface area contributed by atoms with Crippen molar-refractivity contribution in [2.24, 2.45) is 5.73 Å². The molecule has 0 spiro atoms. The second kappa shape index (κ2) is 7.27. The molecule has 0 unspecified atom stereocenters. The van der Waals surface area contributed by atoms with Crippen molar-refractivity contribution in [2.45, 2.75) is 19.4 Å². The van der Waals surface area contributed by atoms with Gasteiger partial charge in [0, 0.05) is 24.0 Å². The van der Waals surface area contributed by atoms with Gasteiger partial charge in [0.05, 0.1) is 6.20 Å². The van der Waals surface area contributed by atoms with Crippen molar-refractivity contribution in [1.82, 2.24) is 14.6 Å². The third-order valence-corrected chi connectivity index (χ3v) is 2.11. The normalized spacial score (nSPS) is 12.1. The smallest absolute Gasteiger partial charge is 0.162 e. The Hall–Kier alpha value is -1.10. The van der Waals surface area contributed by atoms with Gasteiger partial charge in [0.15, 0.2) is 5.65 Å². The van der Waals surface area contributed by atoms with E-state index in [9.17, 15) is 0 Å². The van der Waals surface area contributed by atoms with Crippen molar-refractivity contribution in [3.8, 4) is 0 Å². The number of aromatic nitrogens is 3. The molecule has 2 aromatic rings. The number of hydrogen-bond acceptors (Lipinski definition) is 3. The molecule has 2 rings (SSSR count). The van der Waals surface area contributed by atoms with Gasteiger partial charge in [-0.3, -0.25) is 0 Å². The van der Waals surface area contributed by atoms with Crippen LogP contribution in [0.2, 0.25) is 0 Å². The fraction of sp³-hybridized carbons (Fsp3) is 0.273. The van der Waals surface area contributed by atoms with Crippen LogP contribution in [0.15, 0.2) is 30.7 Å². The van der Waals surface area contributed by atoms with Gasteiger partial charge in [-0.25, -0.2) is 9.50 Å². The summed E-state index contributed by atoms with van der Waals surface area (Å²) >= 11 is 0. The van der Waals surface area contributed by atoms with E-state index in [4.69, 9.17) is 5.73 Å². The van der Waals surface area contributed by atoms with Gasteiger partial charge < -0.3 is 5.73 Å². The van der Waals surface area contributed by atoms with Gasteiger partial charge in [0.1, 0.15) is 0 Å². The second-order valence-corrected chi connectivity index (χ2v) is 3.60. The molecule has 0 aliphatic rings. The average molecular weight is 275 g/mol. The predicted molar refractivity (Wildman–Crippen MR) is 74.8 cm³/mol. The lowest BCUT2D eigenvalue weighted by Crippen LogP contribution is -2.12. The van der Waals surface area contributed by atoms with Crippen LogP contribution in [-0.4, -0.2) is 20.6 Å². The Balaban J connectivity index is 0.00000128. The maximum absolute atomic E-state index is 5.66. The molecule has 94 valence electrons. The van der Waals surface area contributed by atoms with E-state index in [-0.39, 0.29) is 30.9 Å². The minimum absolute atomic E-state index is 0. The van der Waals surface area contributed by atoms with E-state index in [1.54, 1.807) is 16.9 Å². The van der Waals surface area contributed by atoms with Gasteiger partial charge in [-0.2, -0.15) is 5.10 Å². The Kier molecular flexibility index (Phi) is 6.80. The summed E-state index contributed by atoms with van der Waals surface area (Å²) in [5, 5.41) is 4.19. The van der Waals surface area contributed by atoms with E-state index in [0.29, 0.717) is 0 Å². The number of hydrogen-bond donors (Lipinski definition) is 1. The Labute approximate surface area is 113 Å². The van der Waals surface area contributed by atoms with Gasteiger partial charge >= 0.3 is 0 Å². The van der Waals surface area contributed by atoms with Gasteiger partial charge in [-0.1, -0.05) is 12.2 Å². The van der Waals surface area contributed by atoms with E-state index < -0.39 is 0 Å². The standard InChI is InChI=1S/C11H14N4.2ClH/c1-9(12)4-2-5-10-8-14-15-7-3-6-13-11(10)15;;/h2-3,5-9H,4,12H2,1H3;2*1H/b5-2+;;/t9-;;/m0../s1. The fourth-order valence-corrected chi connectivity index (χ4v) is 1.37. The van der Waals surface area contributed by atoms with E-state index in [1.165, 1.54) is 0 Å². The maximum atomic E-state index is 5.66. The largest absolute Gasteiger partial charge is 0.328 e. The van der Waals surface area contributed by atoms with E-state index >= 15 is 0 Å². The number of nitrogens with zero attached hydrogens (tertiary/aromatic N) is 3. The maximum Gasteiger partial charge on any atom is 0.162 e. The van der Waals surface area contributed by atoms with Crippen LogP contribution in [0.5, 0.6) is 0 Å². The predicted octanol–water partition coefficient (Wildman–Crippen LogP) is 2.32. The first-order valence-corrected chi connectivity index (χ1v) is 4.98. The number of rotatable bonds is 3. The Morgan fingerprint density at radius 2 is 2.24 bits per heavy atom. The quantitative estimate of drug-likeness (QED) is 0.935. The molecule has 17 heavy (non-hydrogen) atoms. The van der Waals surface area contributed by atoms with E-state index in [2.05, 4.69) is 16.2 Å². The number of nitrogens with two attached hydrogens (primary N) is 1. The van der Waals surface area contributed by atoms with Gasteiger partial charge in [-0.05, 0) is 19.4 Å². The van der Waals surface area contributed by atoms with Crippen molar-refractivity contribution < 1.29 is 0 Å². The highest BCUT2D eigenvalue weighted by Gasteiger charge is 1.99. The molecule has 2 N–H and O–H groups in total. The van der Waals surface area contributed by atoms with Crippen molar-refractivity contribution in [3.63, 3.8) is 0 Å². The topological polar surface area (TPSA) is 56.2 Å². The molecule has 1 atom stereocenters. The Morgan fingerprint density at radius 1 is 1.47 bits per heavy atom. The molecule has 4 nitrogen and oxygen atoms in total. The average Bonchev–Trinajstić information content (AvgIpc) is 2.62. The van der Waals surface area contributed by atoms with Crippen LogP contribution in [0.3, 0.4) is 0 Å². The molecule has 0 bridgehead atoms. The molecule has 0 aliphatic heterocycles. The second-order valence-electron chi connectivity index (χ2n) is 3.60. The highest BCUT2D eigenvalue weighted by Crippen LogP contribution is 2.09. The van der Waals surface area contributed by atoms with Crippen LogP contribution in [0.25, 0.3) is 11.7 Å². The van der Waals surface area contributed by atoms with E-state index in [1.807, 2.05) is 25.3 Å². The minimum atomic E-state index is 0. The summed E-state index contributed by atoms with van der Waals surface area (Å²) in [5.74, 6) is 0. The zero-order valence-corrected chi connectivity index (χ0v) is 11.1. The van der Waals surface area contributed by atoms with Crippen LogP contribution in [0, 0.1) is 0 Å². The molecule has 0 aromatic carbocycles. The third kappa shape index (κ3) is 4.00.